The number of nitrogens with zero attached hydrogens (tertiary/aromatic N) is 3. The molecule has 0 radical (unpaired) electrons. The number of aliphatic imine (C=N–C) groups is 1. The zero-order valence-electron chi connectivity index (χ0n) is 11.2. The molecule has 0 aliphatic carbocycles. The molecule has 1 aromatic carbocycles. The van der Waals surface area contributed by atoms with Crippen LogP contribution in [-0.2, 0) is 0 Å². The molecule has 0 fully saturated rings. The fourth-order valence-corrected chi connectivity index (χ4v) is 1.67. The number of amides is 1. The Hall–Kier alpha value is -2.76. The van der Waals surface area contributed by atoms with Crippen molar-refractivity contribution < 1.29 is 4.79 Å². The second kappa shape index (κ2) is 7.14. The number of aromatic nitrogens is 2. The van der Waals surface area contributed by atoms with Crippen LogP contribution in [0.15, 0.2) is 46.3 Å². The van der Waals surface area contributed by atoms with Gasteiger partial charge >= 0.3 is 0 Å². The fraction of sp³-hybridized carbons (Fsp3) is 0.200. The first-order valence-electron chi connectivity index (χ1n) is 6.00. The zero-order chi connectivity index (χ0) is 14.5. The second-order valence-electron chi connectivity index (χ2n) is 4.17. The minimum atomic E-state index is -0.581. The number of carbonyl (C=O) groups is 1. The van der Waals surface area contributed by atoms with Gasteiger partial charge in [-0.1, -0.05) is 19.6 Å². The van der Waals surface area contributed by atoms with Crippen molar-refractivity contribution in [3.8, 4) is 5.69 Å². The highest BCUT2D eigenvalue weighted by atomic mass is 16.2. The van der Waals surface area contributed by atoms with Crippen LogP contribution in [0, 0.1) is 6.92 Å². The number of hydrogen-bond acceptors (Lipinski definition) is 4. The lowest BCUT2D eigenvalue weighted by molar-refractivity contribution is 0.0971. The maximum atomic E-state index is 11.8. The van der Waals surface area contributed by atoms with Crippen molar-refractivity contribution >= 4 is 12.2 Å². The summed E-state index contributed by atoms with van der Waals surface area (Å²) < 4.78 is 1.49. The third-order valence-electron chi connectivity index (χ3n) is 2.61. The van der Waals surface area contributed by atoms with Crippen molar-refractivity contribution in [1.82, 2.24) is 15.1 Å². The topological polar surface area (TPSA) is 76.3 Å². The van der Waals surface area contributed by atoms with Crippen molar-refractivity contribution in [2.24, 2.45) is 4.99 Å². The molecule has 1 heterocycles. The summed E-state index contributed by atoms with van der Waals surface area (Å²) in [6.45, 7) is 1.96. The Bertz CT molecular complexity index is 720. The molecule has 6 heteroatoms. The van der Waals surface area contributed by atoms with Gasteiger partial charge < -0.3 is 5.32 Å². The van der Waals surface area contributed by atoms with Gasteiger partial charge in [-0.25, -0.2) is 4.68 Å². The minimum absolute atomic E-state index is 0. The van der Waals surface area contributed by atoms with Gasteiger partial charge in [0.25, 0.3) is 5.91 Å². The lowest BCUT2D eigenvalue weighted by atomic mass is 10.2. The van der Waals surface area contributed by atoms with Gasteiger partial charge in [-0.2, -0.15) is 5.10 Å². The molecule has 2 aromatic rings. The number of benzene rings is 1. The summed E-state index contributed by atoms with van der Waals surface area (Å²) in [6.07, 6.45) is 2.75. The zero-order valence-corrected chi connectivity index (χ0v) is 11.2. The van der Waals surface area contributed by atoms with Crippen LogP contribution in [-0.4, -0.2) is 29.1 Å². The van der Waals surface area contributed by atoms with E-state index in [2.05, 4.69) is 15.4 Å². The normalized spacial score (nSPS) is 10.2. The Morgan fingerprint density at radius 1 is 1.38 bits per heavy atom. The standard InChI is InChI=1S/C14H14N4O2.CH4/c1-10-4-3-5-11(8-10)18-7-6-12(19)13(17-18)14(20)16-9-15-2;/h3-9H,1-2H3,(H,15,16,20);1H4. The smallest absolute Gasteiger partial charge is 0.280 e. The van der Waals surface area contributed by atoms with E-state index in [-0.39, 0.29) is 13.1 Å². The Kier molecular flexibility index (Phi) is 5.54. The number of hydrogen-bond donors (Lipinski definition) is 1. The van der Waals surface area contributed by atoms with Crippen LogP contribution in [0.25, 0.3) is 5.69 Å². The van der Waals surface area contributed by atoms with Crippen LogP contribution in [0.4, 0.5) is 0 Å². The van der Waals surface area contributed by atoms with Crippen molar-refractivity contribution in [2.75, 3.05) is 7.05 Å². The first kappa shape index (κ1) is 16.3. The van der Waals surface area contributed by atoms with Crippen molar-refractivity contribution in [3.05, 3.63) is 58.0 Å². The van der Waals surface area contributed by atoms with Crippen LogP contribution in [0.5, 0.6) is 0 Å². The second-order valence-corrected chi connectivity index (χ2v) is 4.17. The molecule has 1 amide bonds. The molecule has 1 aromatic heterocycles. The molecule has 0 aliphatic rings. The number of carbonyl (C=O) groups excluding carboxylic acids is 1. The number of rotatable bonds is 3. The first-order valence-corrected chi connectivity index (χ1v) is 6.00. The van der Waals surface area contributed by atoms with E-state index >= 15 is 0 Å². The highest BCUT2D eigenvalue weighted by molar-refractivity contribution is 5.98. The molecule has 0 bridgehead atoms. The van der Waals surface area contributed by atoms with E-state index in [1.165, 1.54) is 30.3 Å². The largest absolute Gasteiger partial charge is 0.312 e. The maximum Gasteiger partial charge on any atom is 0.280 e. The van der Waals surface area contributed by atoms with Gasteiger partial charge in [0, 0.05) is 19.3 Å². The number of nitrogens with one attached hydrogen (secondary N) is 1. The highest BCUT2D eigenvalue weighted by Gasteiger charge is 2.12. The van der Waals surface area contributed by atoms with E-state index in [4.69, 9.17) is 0 Å². The Balaban J connectivity index is 0.00000220. The van der Waals surface area contributed by atoms with Crippen molar-refractivity contribution in [2.45, 2.75) is 14.4 Å². The molecule has 0 spiro atoms. The lowest BCUT2D eigenvalue weighted by Crippen LogP contribution is -2.30. The summed E-state index contributed by atoms with van der Waals surface area (Å²) in [6, 6.07) is 8.91. The van der Waals surface area contributed by atoms with Gasteiger partial charge in [-0.15, -0.1) is 0 Å². The van der Waals surface area contributed by atoms with E-state index in [9.17, 15) is 9.59 Å². The van der Waals surface area contributed by atoms with Crippen molar-refractivity contribution in [1.29, 1.82) is 0 Å². The molecule has 0 saturated heterocycles. The van der Waals surface area contributed by atoms with Crippen LogP contribution in [0.2, 0.25) is 0 Å². The summed E-state index contributed by atoms with van der Waals surface area (Å²) >= 11 is 0. The van der Waals surface area contributed by atoms with Gasteiger partial charge in [0.15, 0.2) is 5.69 Å². The molecule has 0 aliphatic heterocycles. The van der Waals surface area contributed by atoms with Crippen LogP contribution < -0.4 is 10.7 Å². The molecule has 1 N–H and O–H groups in total. The summed E-state index contributed by atoms with van der Waals surface area (Å²) in [4.78, 5) is 27.1. The van der Waals surface area contributed by atoms with E-state index in [1.807, 2.05) is 31.2 Å². The van der Waals surface area contributed by atoms with Crippen LogP contribution in [0.1, 0.15) is 23.5 Å². The fourth-order valence-electron chi connectivity index (χ4n) is 1.67. The van der Waals surface area contributed by atoms with Gasteiger partial charge in [-0.05, 0) is 24.6 Å². The predicted octanol–water partition coefficient (Wildman–Crippen LogP) is 1.56. The molecular formula is C15H18N4O2. The lowest BCUT2D eigenvalue weighted by Gasteiger charge is -2.07. The Morgan fingerprint density at radius 2 is 2.14 bits per heavy atom. The molecule has 21 heavy (non-hydrogen) atoms. The SMILES string of the molecule is C.CN=CNC(=O)c1nn(-c2cccc(C)c2)ccc1=O. The van der Waals surface area contributed by atoms with Crippen LogP contribution >= 0.6 is 0 Å². The molecular weight excluding hydrogens is 268 g/mol. The molecule has 0 saturated carbocycles. The van der Waals surface area contributed by atoms with Gasteiger partial charge in [0.2, 0.25) is 5.43 Å². The molecule has 0 atom stereocenters. The van der Waals surface area contributed by atoms with Gasteiger partial charge in [0.1, 0.15) is 0 Å². The summed E-state index contributed by atoms with van der Waals surface area (Å²) in [5.41, 5.74) is 1.24. The Morgan fingerprint density at radius 3 is 2.81 bits per heavy atom. The minimum Gasteiger partial charge on any atom is -0.312 e. The maximum absolute atomic E-state index is 11.8. The number of aryl methyl sites for hydroxylation is 1. The molecule has 0 unspecified atom stereocenters. The molecule has 2 rings (SSSR count). The predicted molar refractivity (Wildman–Crippen MR) is 83.2 cm³/mol. The summed E-state index contributed by atoms with van der Waals surface area (Å²) in [7, 11) is 1.52. The van der Waals surface area contributed by atoms with E-state index < -0.39 is 11.3 Å². The van der Waals surface area contributed by atoms with E-state index in [1.54, 1.807) is 0 Å². The van der Waals surface area contributed by atoms with Gasteiger partial charge in [0.05, 0.1) is 12.0 Å². The molecule has 6 nitrogen and oxygen atoms in total. The van der Waals surface area contributed by atoms with E-state index in [0.717, 1.165) is 11.3 Å². The highest BCUT2D eigenvalue weighted by Crippen LogP contribution is 2.07. The average molecular weight is 286 g/mol. The molecule has 110 valence electrons. The monoisotopic (exact) mass is 286 g/mol. The summed E-state index contributed by atoms with van der Waals surface area (Å²) in [5.74, 6) is -0.581. The van der Waals surface area contributed by atoms with Crippen LogP contribution in [0.3, 0.4) is 0 Å². The first-order chi connectivity index (χ1) is 9.61. The van der Waals surface area contributed by atoms with E-state index in [0.29, 0.717) is 0 Å². The van der Waals surface area contributed by atoms with Crippen molar-refractivity contribution in [3.63, 3.8) is 0 Å². The third kappa shape index (κ3) is 3.85. The van der Waals surface area contributed by atoms with Gasteiger partial charge in [-0.3, -0.25) is 14.6 Å². The summed E-state index contributed by atoms with van der Waals surface area (Å²) in [5, 5.41) is 6.44. The average Bonchev–Trinajstić information content (AvgIpc) is 2.45. The quantitative estimate of drug-likeness (QED) is 0.687. The Labute approximate surface area is 123 Å². The third-order valence-corrected chi connectivity index (χ3v) is 2.61.